The second-order valence-electron chi connectivity index (χ2n) is 4.20. The number of rotatable bonds is 6. The topological polar surface area (TPSA) is 71.8 Å². The Balaban J connectivity index is 3.01. The summed E-state index contributed by atoms with van der Waals surface area (Å²) in [5.41, 5.74) is 7.51. The van der Waals surface area contributed by atoms with Crippen molar-refractivity contribution in [2.75, 3.05) is 0 Å². The van der Waals surface area contributed by atoms with Gasteiger partial charge in [-0.05, 0) is 19.8 Å². The van der Waals surface area contributed by atoms with Crippen molar-refractivity contribution >= 4 is 5.91 Å². The number of amides is 1. The van der Waals surface area contributed by atoms with Crippen LogP contribution in [0.4, 0.5) is 0 Å². The highest BCUT2D eigenvalue weighted by atomic mass is 16.1. The van der Waals surface area contributed by atoms with E-state index in [0.29, 0.717) is 5.69 Å². The number of aromatic amines is 1. The maximum atomic E-state index is 11.3. The molecule has 1 aromatic heterocycles. The average molecular weight is 247 g/mol. The number of aryl methyl sites for hydroxylation is 1. The summed E-state index contributed by atoms with van der Waals surface area (Å²) in [6.45, 7) is 6.06. The second kappa shape index (κ2) is 6.79. The maximum absolute atomic E-state index is 11.3. The third kappa shape index (κ3) is 3.32. The fraction of sp³-hybridized carbons (Fsp3) is 0.429. The van der Waals surface area contributed by atoms with Gasteiger partial charge in [0.15, 0.2) is 0 Å². The molecule has 0 aliphatic carbocycles. The first kappa shape index (κ1) is 14.2. The van der Waals surface area contributed by atoms with Crippen LogP contribution < -0.4 is 5.73 Å². The molecule has 0 radical (unpaired) electrons. The lowest BCUT2D eigenvalue weighted by atomic mass is 9.93. The van der Waals surface area contributed by atoms with Gasteiger partial charge in [0, 0.05) is 11.5 Å². The molecule has 0 saturated heterocycles. The second-order valence-corrected chi connectivity index (χ2v) is 4.20. The number of nitrogens with zero attached hydrogens (tertiary/aromatic N) is 1. The van der Waals surface area contributed by atoms with Gasteiger partial charge >= 0.3 is 0 Å². The average Bonchev–Trinajstić information content (AvgIpc) is 2.72. The number of aromatic nitrogens is 2. The lowest BCUT2D eigenvalue weighted by molar-refractivity contribution is 0.0994. The predicted molar refractivity (Wildman–Crippen MR) is 73.4 cm³/mol. The maximum Gasteiger partial charge on any atom is 0.267 e. The molecule has 4 nitrogen and oxygen atoms in total. The Morgan fingerprint density at radius 2 is 2.17 bits per heavy atom. The third-order valence-corrected chi connectivity index (χ3v) is 2.88. The fourth-order valence-electron chi connectivity index (χ4n) is 1.93. The van der Waals surface area contributed by atoms with Gasteiger partial charge in [-0.3, -0.25) is 9.89 Å². The Bertz CT molecular complexity index is 458. The molecule has 0 aliphatic rings. The van der Waals surface area contributed by atoms with Crippen LogP contribution in [0.1, 0.15) is 54.4 Å². The highest BCUT2D eigenvalue weighted by molar-refractivity contribution is 5.92. The van der Waals surface area contributed by atoms with Crippen LogP contribution in [0, 0.1) is 6.92 Å². The zero-order valence-electron chi connectivity index (χ0n) is 11.2. The van der Waals surface area contributed by atoms with Crippen molar-refractivity contribution < 1.29 is 4.79 Å². The highest BCUT2D eigenvalue weighted by Crippen LogP contribution is 2.26. The molecule has 3 N–H and O–H groups in total. The van der Waals surface area contributed by atoms with E-state index in [1.807, 2.05) is 19.1 Å². The number of carbonyl (C=O) groups is 1. The van der Waals surface area contributed by atoms with Crippen LogP contribution in [0.15, 0.2) is 24.3 Å². The van der Waals surface area contributed by atoms with E-state index in [0.717, 1.165) is 24.1 Å². The highest BCUT2D eigenvalue weighted by Gasteiger charge is 2.19. The van der Waals surface area contributed by atoms with Crippen LogP contribution in [0.2, 0.25) is 0 Å². The zero-order valence-corrected chi connectivity index (χ0v) is 11.2. The molecule has 4 heteroatoms. The van der Waals surface area contributed by atoms with Gasteiger partial charge in [0.1, 0.15) is 5.69 Å². The Hall–Kier alpha value is -1.84. The molecule has 18 heavy (non-hydrogen) atoms. The number of hydrogen-bond donors (Lipinski definition) is 2. The Kier molecular flexibility index (Phi) is 5.36. The number of hydrogen-bond acceptors (Lipinski definition) is 2. The molecule has 0 bridgehead atoms. The summed E-state index contributed by atoms with van der Waals surface area (Å²) in [5, 5.41) is 6.79. The van der Waals surface area contributed by atoms with Crippen molar-refractivity contribution in [3.63, 3.8) is 0 Å². The Labute approximate surface area is 108 Å². The number of H-pyrrole nitrogens is 1. The van der Waals surface area contributed by atoms with Crippen LogP contribution in [-0.2, 0) is 0 Å². The molecule has 0 fully saturated rings. The van der Waals surface area contributed by atoms with Gasteiger partial charge in [0.2, 0.25) is 0 Å². The Morgan fingerprint density at radius 3 is 2.72 bits per heavy atom. The minimum absolute atomic E-state index is 0.160. The van der Waals surface area contributed by atoms with Gasteiger partial charge in [0.05, 0.1) is 5.69 Å². The molecule has 0 saturated carbocycles. The normalized spacial score (nSPS) is 13.5. The minimum Gasteiger partial charge on any atom is -0.364 e. The first-order valence-corrected chi connectivity index (χ1v) is 6.29. The predicted octanol–water partition coefficient (Wildman–Crippen LogP) is 2.83. The minimum atomic E-state index is -0.457. The summed E-state index contributed by atoms with van der Waals surface area (Å²) < 4.78 is 0. The van der Waals surface area contributed by atoms with Gasteiger partial charge < -0.3 is 5.73 Å². The molecule has 0 spiro atoms. The molecule has 1 rings (SSSR count). The fourth-order valence-corrected chi connectivity index (χ4v) is 1.93. The number of nitrogens with two attached hydrogens (primary N) is 1. The van der Waals surface area contributed by atoms with Crippen LogP contribution in [0.5, 0.6) is 0 Å². The monoisotopic (exact) mass is 247 g/mol. The molecular weight excluding hydrogens is 226 g/mol. The smallest absolute Gasteiger partial charge is 0.267 e. The molecule has 0 aliphatic heterocycles. The van der Waals surface area contributed by atoms with Gasteiger partial charge in [-0.15, -0.1) is 0 Å². The molecule has 1 heterocycles. The zero-order chi connectivity index (χ0) is 13.5. The number of primary amides is 1. The SMILES string of the molecule is CC/C=C/C=C\C(CC)c1c(C)n[nH]c1C(N)=O. The van der Waals surface area contributed by atoms with E-state index in [1.54, 1.807) is 0 Å². The quantitative estimate of drug-likeness (QED) is 0.759. The van der Waals surface area contributed by atoms with E-state index in [4.69, 9.17) is 5.73 Å². The molecule has 0 aromatic carbocycles. The lowest BCUT2D eigenvalue weighted by Crippen LogP contribution is -2.15. The standard InChI is InChI=1S/C14H21N3O/c1-4-6-7-8-9-11(5-2)12-10(3)16-17-13(12)14(15)18/h6-9,11H,4-5H2,1-3H3,(H2,15,18)(H,16,17)/b7-6+,9-8-. The van der Waals surface area contributed by atoms with Crippen molar-refractivity contribution in [3.05, 3.63) is 41.3 Å². The first-order valence-electron chi connectivity index (χ1n) is 6.29. The van der Waals surface area contributed by atoms with Gasteiger partial charge in [-0.1, -0.05) is 38.2 Å². The van der Waals surface area contributed by atoms with Crippen molar-refractivity contribution in [2.24, 2.45) is 5.73 Å². The van der Waals surface area contributed by atoms with E-state index < -0.39 is 5.91 Å². The van der Waals surface area contributed by atoms with Crippen LogP contribution in [0.25, 0.3) is 0 Å². The van der Waals surface area contributed by atoms with E-state index in [9.17, 15) is 4.79 Å². The van der Waals surface area contributed by atoms with Crippen LogP contribution in [-0.4, -0.2) is 16.1 Å². The molecular formula is C14H21N3O. The molecule has 1 aromatic rings. The van der Waals surface area contributed by atoms with E-state index in [2.05, 4.69) is 36.2 Å². The van der Waals surface area contributed by atoms with E-state index in [1.165, 1.54) is 0 Å². The van der Waals surface area contributed by atoms with E-state index >= 15 is 0 Å². The summed E-state index contributed by atoms with van der Waals surface area (Å²) in [7, 11) is 0. The molecule has 1 amide bonds. The van der Waals surface area contributed by atoms with Crippen LogP contribution in [0.3, 0.4) is 0 Å². The number of carbonyl (C=O) groups excluding carboxylic acids is 1. The molecule has 1 atom stereocenters. The lowest BCUT2D eigenvalue weighted by Gasteiger charge is -2.10. The number of nitrogens with one attached hydrogen (secondary N) is 1. The summed E-state index contributed by atoms with van der Waals surface area (Å²) in [4.78, 5) is 11.3. The van der Waals surface area contributed by atoms with Crippen molar-refractivity contribution in [3.8, 4) is 0 Å². The van der Waals surface area contributed by atoms with Gasteiger partial charge in [0.25, 0.3) is 5.91 Å². The van der Waals surface area contributed by atoms with Crippen molar-refractivity contribution in [2.45, 2.75) is 39.5 Å². The summed E-state index contributed by atoms with van der Waals surface area (Å²) >= 11 is 0. The molecule has 98 valence electrons. The van der Waals surface area contributed by atoms with Gasteiger partial charge in [-0.25, -0.2) is 0 Å². The summed E-state index contributed by atoms with van der Waals surface area (Å²) in [6.07, 6.45) is 10.1. The third-order valence-electron chi connectivity index (χ3n) is 2.88. The number of allylic oxidation sites excluding steroid dienone is 4. The Morgan fingerprint density at radius 1 is 1.44 bits per heavy atom. The van der Waals surface area contributed by atoms with Crippen molar-refractivity contribution in [1.82, 2.24) is 10.2 Å². The van der Waals surface area contributed by atoms with Crippen molar-refractivity contribution in [1.29, 1.82) is 0 Å². The first-order chi connectivity index (χ1) is 8.61. The largest absolute Gasteiger partial charge is 0.364 e. The summed E-state index contributed by atoms with van der Waals surface area (Å²) in [5.74, 6) is -0.297. The summed E-state index contributed by atoms with van der Waals surface area (Å²) in [6, 6.07) is 0. The van der Waals surface area contributed by atoms with Crippen LogP contribution >= 0.6 is 0 Å². The molecule has 1 unspecified atom stereocenters. The van der Waals surface area contributed by atoms with Gasteiger partial charge in [-0.2, -0.15) is 5.10 Å². The van der Waals surface area contributed by atoms with E-state index in [-0.39, 0.29) is 5.92 Å².